The highest BCUT2D eigenvalue weighted by molar-refractivity contribution is 7.91. The number of hydrogen-bond donors (Lipinski definition) is 1. The lowest BCUT2D eigenvalue weighted by atomic mass is 9.98. The summed E-state index contributed by atoms with van der Waals surface area (Å²) in [5.41, 5.74) is 0. The number of carbonyl (C=O) groups excluding carboxylic acids is 1. The molecule has 10 heteroatoms. The Hall–Kier alpha value is -1.48. The number of rotatable bonds is 4. The molecule has 0 saturated carbocycles. The lowest BCUT2D eigenvalue weighted by Crippen LogP contribution is -2.49. The Morgan fingerprint density at radius 3 is 2.52 bits per heavy atom. The van der Waals surface area contributed by atoms with Crippen molar-refractivity contribution in [1.29, 1.82) is 0 Å². The van der Waals surface area contributed by atoms with Crippen LogP contribution in [0.25, 0.3) is 0 Å². The Kier molecular flexibility index (Phi) is 6.21. The predicted octanol–water partition coefficient (Wildman–Crippen LogP) is 3.10. The fourth-order valence-electron chi connectivity index (χ4n) is 2.59. The third-order valence-corrected chi connectivity index (χ3v) is 5.98. The minimum absolute atomic E-state index is 0.00176. The highest BCUT2D eigenvalue weighted by Crippen LogP contribution is 2.33. The maximum absolute atomic E-state index is 12.8. The number of benzene rings is 1. The van der Waals surface area contributed by atoms with E-state index in [9.17, 15) is 26.4 Å². The van der Waals surface area contributed by atoms with Crippen LogP contribution in [0.1, 0.15) is 12.8 Å². The Labute approximate surface area is 149 Å². The van der Waals surface area contributed by atoms with E-state index in [1.807, 2.05) is 0 Å². The molecule has 2 amide bonds. The second-order valence-corrected chi connectivity index (χ2v) is 8.38. The van der Waals surface area contributed by atoms with E-state index in [4.69, 9.17) is 11.6 Å². The van der Waals surface area contributed by atoms with E-state index in [1.54, 1.807) is 0 Å². The van der Waals surface area contributed by atoms with Crippen LogP contribution >= 0.6 is 11.6 Å². The monoisotopic (exact) mass is 398 g/mol. The van der Waals surface area contributed by atoms with E-state index in [1.165, 1.54) is 24.3 Å². The number of piperidine rings is 1. The van der Waals surface area contributed by atoms with E-state index in [-0.39, 0.29) is 36.6 Å². The molecule has 1 aliphatic heterocycles. The second kappa shape index (κ2) is 7.82. The first-order valence-corrected chi connectivity index (χ1v) is 9.70. The minimum atomic E-state index is -4.34. The van der Waals surface area contributed by atoms with Gasteiger partial charge in [-0.1, -0.05) is 11.6 Å². The number of halogens is 4. The van der Waals surface area contributed by atoms with Gasteiger partial charge in [0.25, 0.3) is 0 Å². The topological polar surface area (TPSA) is 66.5 Å². The molecule has 1 unspecified atom stereocenters. The molecule has 1 atom stereocenters. The summed E-state index contributed by atoms with van der Waals surface area (Å²) < 4.78 is 62.5. The van der Waals surface area contributed by atoms with Crippen LogP contribution < -0.4 is 5.32 Å². The van der Waals surface area contributed by atoms with Gasteiger partial charge in [0.1, 0.15) is 0 Å². The maximum atomic E-state index is 12.8. The zero-order valence-electron chi connectivity index (χ0n) is 13.2. The zero-order chi connectivity index (χ0) is 18.7. The first kappa shape index (κ1) is 19.8. The third-order valence-electron chi connectivity index (χ3n) is 3.99. The van der Waals surface area contributed by atoms with Gasteiger partial charge in [0.15, 0.2) is 9.84 Å². The van der Waals surface area contributed by atoms with E-state index in [0.29, 0.717) is 5.02 Å². The fraction of sp³-hybridized carbons (Fsp3) is 0.533. The van der Waals surface area contributed by atoms with Crippen LogP contribution in [0.5, 0.6) is 0 Å². The molecule has 0 spiro atoms. The fourth-order valence-corrected chi connectivity index (χ4v) is 3.88. The molecule has 1 aliphatic rings. The van der Waals surface area contributed by atoms with Crippen molar-refractivity contribution in [2.75, 3.05) is 25.4 Å². The summed E-state index contributed by atoms with van der Waals surface area (Å²) in [6.07, 6.45) is -4.07. The van der Waals surface area contributed by atoms with E-state index in [0.717, 1.165) is 4.90 Å². The number of carbonyl (C=O) groups is 1. The van der Waals surface area contributed by atoms with Gasteiger partial charge in [0.05, 0.1) is 16.6 Å². The first-order valence-electron chi connectivity index (χ1n) is 7.67. The number of nitrogens with zero attached hydrogens (tertiary/aromatic N) is 1. The number of sulfone groups is 1. The summed E-state index contributed by atoms with van der Waals surface area (Å²) in [5.74, 6) is -1.89. The highest BCUT2D eigenvalue weighted by Gasteiger charge is 2.42. The van der Waals surface area contributed by atoms with Gasteiger partial charge < -0.3 is 10.2 Å². The number of urea groups is 1. The zero-order valence-corrected chi connectivity index (χ0v) is 14.8. The van der Waals surface area contributed by atoms with E-state index < -0.39 is 34.5 Å². The number of hydrogen-bond acceptors (Lipinski definition) is 3. The SMILES string of the molecule is O=C(NCCS(=O)(=O)c1ccc(Cl)cc1)N1CCCC(C(F)(F)F)C1. The molecule has 1 aromatic carbocycles. The Morgan fingerprint density at radius 2 is 1.92 bits per heavy atom. The summed E-state index contributed by atoms with van der Waals surface area (Å²) in [5, 5.41) is 2.78. The van der Waals surface area contributed by atoms with Crippen LogP contribution in [0, 0.1) is 5.92 Å². The molecule has 0 aromatic heterocycles. The van der Waals surface area contributed by atoms with Gasteiger partial charge in [0, 0.05) is 24.7 Å². The lowest BCUT2D eigenvalue weighted by Gasteiger charge is -2.33. The van der Waals surface area contributed by atoms with Gasteiger partial charge in [-0.3, -0.25) is 0 Å². The van der Waals surface area contributed by atoms with Gasteiger partial charge in [0.2, 0.25) is 0 Å². The van der Waals surface area contributed by atoms with Crippen molar-refractivity contribution in [1.82, 2.24) is 10.2 Å². The highest BCUT2D eigenvalue weighted by atomic mass is 35.5. The average molecular weight is 399 g/mol. The van der Waals surface area contributed by atoms with Crippen molar-refractivity contribution in [3.8, 4) is 0 Å². The molecule has 25 heavy (non-hydrogen) atoms. The van der Waals surface area contributed by atoms with Gasteiger partial charge in [-0.15, -0.1) is 0 Å². The van der Waals surface area contributed by atoms with Gasteiger partial charge in [-0.2, -0.15) is 13.2 Å². The van der Waals surface area contributed by atoms with Gasteiger partial charge in [-0.05, 0) is 37.1 Å². The van der Waals surface area contributed by atoms with Crippen molar-refractivity contribution in [3.63, 3.8) is 0 Å². The van der Waals surface area contributed by atoms with Crippen LogP contribution in [-0.2, 0) is 9.84 Å². The van der Waals surface area contributed by atoms with E-state index in [2.05, 4.69) is 5.32 Å². The summed E-state index contributed by atoms with van der Waals surface area (Å²) in [7, 11) is -3.61. The molecule has 0 aliphatic carbocycles. The molecule has 1 aromatic rings. The van der Waals surface area contributed by atoms with Crippen LogP contribution in [-0.4, -0.2) is 50.9 Å². The van der Waals surface area contributed by atoms with Crippen molar-refractivity contribution >= 4 is 27.5 Å². The van der Waals surface area contributed by atoms with Gasteiger partial charge >= 0.3 is 12.2 Å². The largest absolute Gasteiger partial charge is 0.393 e. The summed E-state index contributed by atoms with van der Waals surface area (Å²) in [6.45, 7) is -0.363. The molecule has 1 N–H and O–H groups in total. The number of likely N-dealkylation sites (tertiary alicyclic amines) is 1. The smallest absolute Gasteiger partial charge is 0.337 e. The standard InChI is InChI=1S/C15H18ClF3N2O3S/c16-12-3-5-13(6-4-12)25(23,24)9-7-20-14(22)21-8-1-2-11(10-21)15(17,18)19/h3-6,11H,1-2,7-10H2,(H,20,22). The molecule has 1 fully saturated rings. The predicted molar refractivity (Wildman–Crippen MR) is 87.3 cm³/mol. The minimum Gasteiger partial charge on any atom is -0.337 e. The Balaban J connectivity index is 1.86. The lowest BCUT2D eigenvalue weighted by molar-refractivity contribution is -0.183. The summed E-state index contributed by atoms with van der Waals surface area (Å²) in [6, 6.07) is 4.92. The molecule has 1 saturated heterocycles. The number of amides is 2. The van der Waals surface area contributed by atoms with Crippen LogP contribution in [0.2, 0.25) is 5.02 Å². The Bertz CT molecular complexity index is 708. The van der Waals surface area contributed by atoms with Crippen molar-refractivity contribution in [2.45, 2.75) is 23.9 Å². The van der Waals surface area contributed by atoms with Crippen molar-refractivity contribution in [3.05, 3.63) is 29.3 Å². The average Bonchev–Trinajstić information content (AvgIpc) is 2.54. The molecular weight excluding hydrogens is 381 g/mol. The molecule has 1 heterocycles. The van der Waals surface area contributed by atoms with Crippen LogP contribution in [0.15, 0.2) is 29.2 Å². The quantitative estimate of drug-likeness (QED) is 0.847. The van der Waals surface area contributed by atoms with Crippen LogP contribution in [0.4, 0.5) is 18.0 Å². The third kappa shape index (κ3) is 5.50. The number of alkyl halides is 3. The molecular formula is C15H18ClF3N2O3S. The molecule has 5 nitrogen and oxygen atoms in total. The first-order chi connectivity index (χ1) is 11.6. The molecule has 140 valence electrons. The van der Waals surface area contributed by atoms with Crippen molar-refractivity contribution < 1.29 is 26.4 Å². The summed E-state index contributed by atoms with van der Waals surface area (Å²) >= 11 is 5.70. The van der Waals surface area contributed by atoms with Gasteiger partial charge in [-0.25, -0.2) is 13.2 Å². The molecule has 0 radical (unpaired) electrons. The Morgan fingerprint density at radius 1 is 1.28 bits per heavy atom. The van der Waals surface area contributed by atoms with Crippen LogP contribution in [0.3, 0.4) is 0 Å². The normalized spacial score (nSPS) is 18.9. The maximum Gasteiger partial charge on any atom is 0.393 e. The van der Waals surface area contributed by atoms with Crippen molar-refractivity contribution in [2.24, 2.45) is 5.92 Å². The second-order valence-electron chi connectivity index (χ2n) is 5.83. The number of nitrogens with one attached hydrogen (secondary N) is 1. The summed E-state index contributed by atoms with van der Waals surface area (Å²) in [4.78, 5) is 13.1. The molecule has 2 rings (SSSR count). The molecule has 0 bridgehead atoms. The van der Waals surface area contributed by atoms with E-state index >= 15 is 0 Å².